The molecule has 14 heavy (non-hydrogen) atoms. The highest BCUT2D eigenvalue weighted by molar-refractivity contribution is 7.91. The van der Waals surface area contributed by atoms with Crippen molar-refractivity contribution >= 4 is 9.84 Å². The second-order valence-corrected chi connectivity index (χ2v) is 6.63. The van der Waals surface area contributed by atoms with E-state index < -0.39 is 9.84 Å². The highest BCUT2D eigenvalue weighted by Gasteiger charge is 2.26. The molecule has 1 saturated heterocycles. The highest BCUT2D eigenvalue weighted by atomic mass is 32.2. The predicted octanol–water partition coefficient (Wildman–Crippen LogP) is -0.157. The summed E-state index contributed by atoms with van der Waals surface area (Å²) in [5, 5.41) is -0.133. The Morgan fingerprint density at radius 2 is 1.93 bits per heavy atom. The van der Waals surface area contributed by atoms with Gasteiger partial charge < -0.3 is 10.6 Å². The van der Waals surface area contributed by atoms with Gasteiger partial charge in [0.25, 0.3) is 0 Å². The van der Waals surface area contributed by atoms with Crippen LogP contribution in [0.1, 0.15) is 19.8 Å². The molecule has 4 nitrogen and oxygen atoms in total. The van der Waals surface area contributed by atoms with Crippen LogP contribution >= 0.6 is 0 Å². The maximum atomic E-state index is 11.3. The van der Waals surface area contributed by atoms with Gasteiger partial charge in [-0.15, -0.1) is 0 Å². The molecule has 84 valence electrons. The van der Waals surface area contributed by atoms with Gasteiger partial charge in [-0.25, -0.2) is 8.42 Å². The molecule has 0 aliphatic carbocycles. The number of rotatable bonds is 3. The second-order valence-electron chi connectivity index (χ2n) is 4.31. The van der Waals surface area contributed by atoms with Crippen LogP contribution in [0.5, 0.6) is 0 Å². The predicted molar refractivity (Wildman–Crippen MR) is 58.0 cm³/mol. The molecule has 0 unspecified atom stereocenters. The zero-order chi connectivity index (χ0) is 10.8. The Balaban J connectivity index is 2.39. The lowest BCUT2D eigenvalue weighted by atomic mass is 10.1. The third kappa shape index (κ3) is 3.55. The zero-order valence-corrected chi connectivity index (χ0v) is 9.76. The van der Waals surface area contributed by atoms with Gasteiger partial charge in [-0.1, -0.05) is 0 Å². The lowest BCUT2D eigenvalue weighted by Gasteiger charge is -2.31. The fraction of sp³-hybridized carbons (Fsp3) is 1.00. The van der Waals surface area contributed by atoms with Gasteiger partial charge in [-0.3, -0.25) is 0 Å². The molecule has 1 heterocycles. The van der Waals surface area contributed by atoms with Gasteiger partial charge in [0.1, 0.15) is 9.84 Å². The molecule has 1 aliphatic heterocycles. The summed E-state index contributed by atoms with van der Waals surface area (Å²) in [5.74, 6) is 0. The van der Waals surface area contributed by atoms with Crippen molar-refractivity contribution in [1.29, 1.82) is 0 Å². The van der Waals surface area contributed by atoms with E-state index in [0.717, 1.165) is 32.5 Å². The third-order valence-corrected chi connectivity index (χ3v) is 4.37. The number of nitrogens with zero attached hydrogens (tertiary/aromatic N) is 1. The van der Waals surface area contributed by atoms with E-state index in [4.69, 9.17) is 5.73 Å². The monoisotopic (exact) mass is 220 g/mol. The first-order valence-electron chi connectivity index (χ1n) is 5.06. The van der Waals surface area contributed by atoms with Crippen LogP contribution in [0.4, 0.5) is 0 Å². The average Bonchev–Trinajstić information content (AvgIpc) is 2.02. The minimum absolute atomic E-state index is 0.133. The van der Waals surface area contributed by atoms with E-state index >= 15 is 0 Å². The maximum Gasteiger partial charge on any atom is 0.150 e. The van der Waals surface area contributed by atoms with Gasteiger partial charge in [-0.2, -0.15) is 0 Å². The van der Waals surface area contributed by atoms with E-state index in [1.807, 2.05) is 6.92 Å². The summed E-state index contributed by atoms with van der Waals surface area (Å²) in [5.41, 5.74) is 5.68. The first-order valence-corrected chi connectivity index (χ1v) is 7.02. The van der Waals surface area contributed by atoms with E-state index in [0.29, 0.717) is 0 Å². The SMILES string of the molecule is C[C@H](N)CN1CCC(S(C)(=O)=O)CC1. The summed E-state index contributed by atoms with van der Waals surface area (Å²) >= 11 is 0. The van der Waals surface area contributed by atoms with Gasteiger partial charge in [0.2, 0.25) is 0 Å². The number of sulfone groups is 1. The van der Waals surface area contributed by atoms with Gasteiger partial charge in [0, 0.05) is 18.8 Å². The summed E-state index contributed by atoms with van der Waals surface area (Å²) < 4.78 is 22.5. The van der Waals surface area contributed by atoms with Crippen LogP contribution in [0.3, 0.4) is 0 Å². The quantitative estimate of drug-likeness (QED) is 0.718. The van der Waals surface area contributed by atoms with Crippen molar-refractivity contribution in [2.24, 2.45) is 5.73 Å². The Kier molecular flexibility index (Phi) is 3.92. The smallest absolute Gasteiger partial charge is 0.150 e. The molecule has 0 aromatic heterocycles. The Morgan fingerprint density at radius 3 is 2.29 bits per heavy atom. The number of piperidine rings is 1. The zero-order valence-electron chi connectivity index (χ0n) is 8.94. The van der Waals surface area contributed by atoms with Gasteiger partial charge >= 0.3 is 0 Å². The normalized spacial score (nSPS) is 23.6. The van der Waals surface area contributed by atoms with Crippen LogP contribution in [0, 0.1) is 0 Å². The summed E-state index contributed by atoms with van der Waals surface area (Å²) in [6.07, 6.45) is 2.84. The van der Waals surface area contributed by atoms with E-state index in [-0.39, 0.29) is 11.3 Å². The van der Waals surface area contributed by atoms with Crippen molar-refractivity contribution in [2.45, 2.75) is 31.1 Å². The standard InChI is InChI=1S/C9H20N2O2S/c1-8(10)7-11-5-3-9(4-6-11)14(2,12)13/h8-9H,3-7,10H2,1-2H3/t8-/m0/s1. The van der Waals surface area contributed by atoms with Crippen LogP contribution in [0.25, 0.3) is 0 Å². The molecule has 0 radical (unpaired) electrons. The highest BCUT2D eigenvalue weighted by Crippen LogP contribution is 2.16. The van der Waals surface area contributed by atoms with Crippen molar-refractivity contribution in [3.05, 3.63) is 0 Å². The van der Waals surface area contributed by atoms with Crippen molar-refractivity contribution in [3.8, 4) is 0 Å². The summed E-state index contributed by atoms with van der Waals surface area (Å²) in [4.78, 5) is 2.24. The molecule has 0 amide bonds. The Morgan fingerprint density at radius 1 is 1.43 bits per heavy atom. The largest absolute Gasteiger partial charge is 0.327 e. The van der Waals surface area contributed by atoms with Gasteiger partial charge in [-0.05, 0) is 32.9 Å². The molecule has 1 atom stereocenters. The van der Waals surface area contributed by atoms with Gasteiger partial charge in [0.05, 0.1) is 5.25 Å². The number of hydrogen-bond acceptors (Lipinski definition) is 4. The van der Waals surface area contributed by atoms with E-state index in [1.54, 1.807) is 0 Å². The van der Waals surface area contributed by atoms with Crippen LogP contribution in [0.2, 0.25) is 0 Å². The van der Waals surface area contributed by atoms with E-state index in [9.17, 15) is 8.42 Å². The molecule has 0 spiro atoms. The Hall–Kier alpha value is -0.130. The van der Waals surface area contributed by atoms with Crippen LogP contribution in [-0.2, 0) is 9.84 Å². The van der Waals surface area contributed by atoms with Crippen molar-refractivity contribution in [1.82, 2.24) is 4.90 Å². The van der Waals surface area contributed by atoms with Crippen LogP contribution in [-0.4, -0.2) is 50.5 Å². The minimum atomic E-state index is -2.84. The molecule has 1 aliphatic rings. The Labute approximate surface area is 86.4 Å². The van der Waals surface area contributed by atoms with Crippen LogP contribution < -0.4 is 5.73 Å². The first-order chi connectivity index (χ1) is 6.39. The summed E-state index contributed by atoms with van der Waals surface area (Å²) in [6.45, 7) is 4.57. The molecule has 0 aromatic carbocycles. The molecule has 0 saturated carbocycles. The van der Waals surface area contributed by atoms with E-state index in [2.05, 4.69) is 4.90 Å². The van der Waals surface area contributed by atoms with Crippen LogP contribution in [0.15, 0.2) is 0 Å². The lowest BCUT2D eigenvalue weighted by molar-refractivity contribution is 0.221. The molecule has 0 bridgehead atoms. The van der Waals surface area contributed by atoms with Crippen molar-refractivity contribution in [2.75, 3.05) is 25.9 Å². The first kappa shape index (κ1) is 11.9. The molecule has 1 rings (SSSR count). The van der Waals surface area contributed by atoms with E-state index in [1.165, 1.54) is 6.26 Å². The average molecular weight is 220 g/mol. The molecule has 1 fully saturated rings. The fourth-order valence-corrected chi connectivity index (χ4v) is 2.99. The number of nitrogens with two attached hydrogens (primary N) is 1. The van der Waals surface area contributed by atoms with Crippen molar-refractivity contribution < 1.29 is 8.42 Å². The number of likely N-dealkylation sites (tertiary alicyclic amines) is 1. The lowest BCUT2D eigenvalue weighted by Crippen LogP contribution is -2.43. The molecule has 0 aromatic rings. The molecule has 5 heteroatoms. The summed E-state index contributed by atoms with van der Waals surface area (Å²) in [6, 6.07) is 0.171. The number of hydrogen-bond donors (Lipinski definition) is 1. The van der Waals surface area contributed by atoms with Gasteiger partial charge in [0.15, 0.2) is 0 Å². The molecular weight excluding hydrogens is 200 g/mol. The molecular formula is C9H20N2O2S. The van der Waals surface area contributed by atoms with Crippen molar-refractivity contribution in [3.63, 3.8) is 0 Å². The maximum absolute atomic E-state index is 11.3. The second kappa shape index (κ2) is 4.59. The fourth-order valence-electron chi connectivity index (χ4n) is 1.93. The summed E-state index contributed by atoms with van der Waals surface area (Å²) in [7, 11) is -2.84. The topological polar surface area (TPSA) is 63.4 Å². The third-order valence-electron chi connectivity index (χ3n) is 2.69. The Bertz CT molecular complexity index is 267. The molecule has 2 N–H and O–H groups in total. The minimum Gasteiger partial charge on any atom is -0.327 e.